The highest BCUT2D eigenvalue weighted by Gasteiger charge is 2.21. The Labute approximate surface area is 114 Å². The molecular weight excluding hydrogens is 264 g/mol. The number of aromatic nitrogens is 2. The van der Waals surface area contributed by atoms with Gasteiger partial charge in [0, 0.05) is 0 Å². The Hall–Kier alpha value is -1.70. The molecule has 3 rings (SSSR count). The summed E-state index contributed by atoms with van der Waals surface area (Å²) in [5.74, 6) is 0.815. The minimum absolute atomic E-state index is 0.261. The molecule has 0 bridgehead atoms. The van der Waals surface area contributed by atoms with Gasteiger partial charge < -0.3 is 15.0 Å². The average Bonchev–Trinajstić information content (AvgIpc) is 3.06. The number of hydrogen-bond acceptors (Lipinski definition) is 6. The minimum Gasteiger partial charge on any atom is -0.633 e. The smallest absolute Gasteiger partial charge is 0.212 e. The van der Waals surface area contributed by atoms with Crippen LogP contribution in [0.5, 0.6) is 5.75 Å². The van der Waals surface area contributed by atoms with Crippen LogP contribution >= 0.6 is 11.3 Å². The van der Waals surface area contributed by atoms with Crippen LogP contribution in [0.25, 0.3) is 0 Å². The van der Waals surface area contributed by atoms with Crippen molar-refractivity contribution in [2.24, 2.45) is 0 Å². The van der Waals surface area contributed by atoms with Crippen LogP contribution in [-0.2, 0) is 6.61 Å². The van der Waals surface area contributed by atoms with Crippen molar-refractivity contribution in [1.29, 1.82) is 0 Å². The summed E-state index contributed by atoms with van der Waals surface area (Å²) >= 11 is 1.48. The first-order valence-corrected chi connectivity index (χ1v) is 6.90. The molecule has 1 aromatic heterocycles. The molecule has 1 atom stereocenters. The predicted molar refractivity (Wildman–Crippen MR) is 72.1 cm³/mol. The molecular formula is C12H14N4O2S. The van der Waals surface area contributed by atoms with Gasteiger partial charge in [0.05, 0.1) is 13.1 Å². The van der Waals surface area contributed by atoms with Crippen LogP contribution in [0.1, 0.15) is 5.01 Å². The first-order chi connectivity index (χ1) is 9.31. The number of benzene rings is 1. The molecule has 1 saturated heterocycles. The van der Waals surface area contributed by atoms with Gasteiger partial charge in [-0.3, -0.25) is 4.90 Å². The zero-order valence-electron chi connectivity index (χ0n) is 10.3. The third-order valence-electron chi connectivity index (χ3n) is 2.86. The van der Waals surface area contributed by atoms with Crippen molar-refractivity contribution in [3.63, 3.8) is 0 Å². The molecule has 0 spiro atoms. The van der Waals surface area contributed by atoms with Gasteiger partial charge >= 0.3 is 0 Å². The summed E-state index contributed by atoms with van der Waals surface area (Å²) < 4.78 is 5.61. The third kappa shape index (κ3) is 3.01. The first kappa shape index (κ1) is 12.3. The number of nitrogens with zero attached hydrogens (tertiary/aromatic N) is 3. The Bertz CT molecular complexity index is 534. The molecule has 0 saturated carbocycles. The Morgan fingerprint density at radius 1 is 1.32 bits per heavy atom. The summed E-state index contributed by atoms with van der Waals surface area (Å²) in [6, 6.07) is 9.61. The summed E-state index contributed by atoms with van der Waals surface area (Å²) in [6.07, 6.45) is 0. The van der Waals surface area contributed by atoms with Crippen molar-refractivity contribution in [2.75, 3.05) is 24.7 Å². The van der Waals surface area contributed by atoms with E-state index in [-0.39, 0.29) is 5.06 Å². The van der Waals surface area contributed by atoms with E-state index < -0.39 is 0 Å². The van der Waals surface area contributed by atoms with Crippen molar-refractivity contribution in [3.05, 3.63) is 40.5 Å². The van der Waals surface area contributed by atoms with Gasteiger partial charge in [-0.15, -0.1) is 10.2 Å². The van der Waals surface area contributed by atoms with E-state index in [1.807, 2.05) is 35.2 Å². The monoisotopic (exact) mass is 278 g/mol. The average molecular weight is 278 g/mol. The van der Waals surface area contributed by atoms with Crippen LogP contribution in [-0.4, -0.2) is 30.0 Å². The lowest BCUT2D eigenvalue weighted by Crippen LogP contribution is -3.05. The van der Waals surface area contributed by atoms with Crippen LogP contribution in [0.3, 0.4) is 0 Å². The molecule has 2 heterocycles. The second kappa shape index (κ2) is 5.52. The number of hydrogen-bond donors (Lipinski definition) is 1. The molecule has 2 aromatic rings. The molecule has 1 aromatic carbocycles. The van der Waals surface area contributed by atoms with Gasteiger partial charge in [-0.2, -0.15) is 0 Å². The molecule has 1 aliphatic heterocycles. The molecule has 7 heteroatoms. The topological polar surface area (TPSA) is 65.8 Å². The number of hydroxylamine groups is 2. The normalized spacial score (nSPS) is 18.8. The maximum Gasteiger partial charge on any atom is 0.212 e. The minimum atomic E-state index is 0.261. The fourth-order valence-electron chi connectivity index (χ4n) is 1.89. The van der Waals surface area contributed by atoms with Crippen LogP contribution in [0, 0.1) is 5.21 Å². The van der Waals surface area contributed by atoms with Crippen LogP contribution in [0.15, 0.2) is 30.3 Å². The second-order valence-electron chi connectivity index (χ2n) is 4.29. The van der Waals surface area contributed by atoms with Crippen LogP contribution in [0.4, 0.5) is 5.13 Å². The number of nitrogens with one attached hydrogen (secondary N) is 1. The zero-order chi connectivity index (χ0) is 13.1. The molecule has 1 N–H and O–H groups in total. The third-order valence-corrected chi connectivity index (χ3v) is 3.82. The van der Waals surface area contributed by atoms with Crippen LogP contribution in [0.2, 0.25) is 0 Å². The lowest BCUT2D eigenvalue weighted by atomic mass is 10.3. The van der Waals surface area contributed by atoms with Crippen molar-refractivity contribution in [2.45, 2.75) is 6.61 Å². The molecule has 0 amide bonds. The number of rotatable bonds is 4. The highest BCUT2D eigenvalue weighted by atomic mass is 32.1. The van der Waals surface area contributed by atoms with Gasteiger partial charge in [0.1, 0.15) is 12.4 Å². The van der Waals surface area contributed by atoms with Gasteiger partial charge in [-0.25, -0.2) is 0 Å². The summed E-state index contributed by atoms with van der Waals surface area (Å²) in [6.45, 7) is 2.21. The molecule has 1 fully saturated rings. The molecule has 1 unspecified atom stereocenters. The van der Waals surface area contributed by atoms with Crippen molar-refractivity contribution < 1.29 is 9.80 Å². The van der Waals surface area contributed by atoms with Crippen LogP contribution < -0.4 is 14.7 Å². The van der Waals surface area contributed by atoms with Crippen molar-refractivity contribution in [1.82, 2.24) is 10.2 Å². The maximum atomic E-state index is 11.2. The van der Waals surface area contributed by atoms with Gasteiger partial charge in [0.25, 0.3) is 0 Å². The van der Waals surface area contributed by atoms with Crippen molar-refractivity contribution in [3.8, 4) is 5.75 Å². The SMILES string of the molecule is [O-][NH+]1CCN(c2nnc(COc3ccccc3)s2)C1. The van der Waals surface area contributed by atoms with E-state index in [1.165, 1.54) is 11.3 Å². The van der Waals surface area contributed by atoms with E-state index >= 15 is 0 Å². The number of quaternary nitrogens is 1. The molecule has 0 radical (unpaired) electrons. The summed E-state index contributed by atoms with van der Waals surface area (Å²) in [5, 5.41) is 21.3. The molecule has 19 heavy (non-hydrogen) atoms. The quantitative estimate of drug-likeness (QED) is 0.814. The fourth-order valence-corrected chi connectivity index (χ4v) is 2.66. The molecule has 6 nitrogen and oxygen atoms in total. The number of ether oxygens (including phenoxy) is 1. The Balaban J connectivity index is 1.59. The van der Waals surface area contributed by atoms with E-state index in [9.17, 15) is 5.21 Å². The zero-order valence-corrected chi connectivity index (χ0v) is 11.1. The summed E-state index contributed by atoms with van der Waals surface area (Å²) in [4.78, 5) is 1.96. The summed E-state index contributed by atoms with van der Waals surface area (Å²) in [7, 11) is 0. The molecule has 0 aliphatic carbocycles. The highest BCUT2D eigenvalue weighted by Crippen LogP contribution is 2.21. The van der Waals surface area contributed by atoms with E-state index in [0.29, 0.717) is 19.8 Å². The Morgan fingerprint density at radius 2 is 2.16 bits per heavy atom. The van der Waals surface area contributed by atoms with Crippen molar-refractivity contribution >= 4 is 16.5 Å². The van der Waals surface area contributed by atoms with E-state index in [1.54, 1.807) is 0 Å². The maximum absolute atomic E-state index is 11.2. The van der Waals surface area contributed by atoms with E-state index in [4.69, 9.17) is 4.74 Å². The summed E-state index contributed by atoms with van der Waals surface area (Å²) in [5.41, 5.74) is 0. The second-order valence-corrected chi connectivity index (χ2v) is 5.33. The number of para-hydroxylation sites is 1. The van der Waals surface area contributed by atoms with Gasteiger partial charge in [-0.05, 0) is 12.1 Å². The van der Waals surface area contributed by atoms with Gasteiger partial charge in [0.2, 0.25) is 5.13 Å². The first-order valence-electron chi connectivity index (χ1n) is 6.08. The highest BCUT2D eigenvalue weighted by molar-refractivity contribution is 7.15. The number of anilines is 1. The van der Waals surface area contributed by atoms with Gasteiger partial charge in [-0.1, -0.05) is 29.5 Å². The predicted octanol–water partition coefficient (Wildman–Crippen LogP) is 0.277. The standard InChI is InChI=1S/C12H14N4O2S/c17-16-7-6-15(9-16)12-14-13-11(19-12)8-18-10-4-2-1-3-5-10/h1-5,16H,6-9H2. The Morgan fingerprint density at radius 3 is 2.89 bits per heavy atom. The van der Waals surface area contributed by atoms with E-state index in [2.05, 4.69) is 10.2 Å². The lowest BCUT2D eigenvalue weighted by Gasteiger charge is -2.15. The molecule has 100 valence electrons. The van der Waals surface area contributed by atoms with E-state index in [0.717, 1.165) is 22.4 Å². The lowest BCUT2D eigenvalue weighted by molar-refractivity contribution is -0.832. The van der Waals surface area contributed by atoms with Gasteiger partial charge in [0.15, 0.2) is 11.7 Å². The Kier molecular flexibility index (Phi) is 3.58. The fraction of sp³-hybridized carbons (Fsp3) is 0.333. The largest absolute Gasteiger partial charge is 0.633 e. The molecule has 1 aliphatic rings.